The van der Waals surface area contributed by atoms with Gasteiger partial charge in [0.25, 0.3) is 0 Å². The first-order chi connectivity index (χ1) is 8.09. The average Bonchev–Trinajstić information content (AvgIpc) is 2.74. The van der Waals surface area contributed by atoms with Crippen LogP contribution in [0.2, 0.25) is 5.15 Å². The quantitative estimate of drug-likeness (QED) is 0.839. The van der Waals surface area contributed by atoms with Crippen LogP contribution in [0.4, 0.5) is 5.69 Å². The predicted octanol–water partition coefficient (Wildman–Crippen LogP) is 2.75. The van der Waals surface area contributed by atoms with E-state index < -0.39 is 0 Å². The number of nitrogen functional groups attached to an aromatic ring is 1. The molecule has 0 saturated carbocycles. The van der Waals surface area contributed by atoms with Crippen molar-refractivity contribution in [2.75, 3.05) is 5.73 Å². The van der Waals surface area contributed by atoms with E-state index in [0.29, 0.717) is 29.1 Å². The second kappa shape index (κ2) is 4.81. The molecule has 0 aliphatic rings. The number of thiophene rings is 1. The summed E-state index contributed by atoms with van der Waals surface area (Å²) < 4.78 is 0. The summed E-state index contributed by atoms with van der Waals surface area (Å²) in [6.07, 6.45) is 0.611. The average molecular weight is 267 g/mol. The van der Waals surface area contributed by atoms with E-state index in [1.165, 1.54) is 0 Å². The SMILES string of the molecule is CC(=N)c1c(Cl)nnc(Cc2ccsc2)c1N. The van der Waals surface area contributed by atoms with Crippen LogP contribution in [0.25, 0.3) is 0 Å². The number of nitrogens with zero attached hydrogens (tertiary/aromatic N) is 2. The molecule has 2 aromatic rings. The predicted molar refractivity (Wildman–Crippen MR) is 71.1 cm³/mol. The van der Waals surface area contributed by atoms with Crippen molar-refractivity contribution >= 4 is 34.3 Å². The van der Waals surface area contributed by atoms with Crippen LogP contribution < -0.4 is 5.73 Å². The molecule has 0 aromatic carbocycles. The van der Waals surface area contributed by atoms with Crippen LogP contribution in [0.3, 0.4) is 0 Å². The van der Waals surface area contributed by atoms with Crippen LogP contribution in [0, 0.1) is 5.41 Å². The lowest BCUT2D eigenvalue weighted by Gasteiger charge is -2.09. The van der Waals surface area contributed by atoms with Gasteiger partial charge in [-0.25, -0.2) is 0 Å². The number of halogens is 1. The molecular weight excluding hydrogens is 256 g/mol. The molecule has 4 nitrogen and oxygen atoms in total. The molecule has 0 aliphatic heterocycles. The van der Waals surface area contributed by atoms with E-state index in [2.05, 4.69) is 10.2 Å². The van der Waals surface area contributed by atoms with Crippen LogP contribution in [-0.2, 0) is 6.42 Å². The van der Waals surface area contributed by atoms with Crippen molar-refractivity contribution < 1.29 is 0 Å². The summed E-state index contributed by atoms with van der Waals surface area (Å²) in [5.74, 6) is 0. The van der Waals surface area contributed by atoms with Gasteiger partial charge in [0.05, 0.1) is 16.9 Å². The lowest BCUT2D eigenvalue weighted by molar-refractivity contribution is 0.941. The van der Waals surface area contributed by atoms with Crippen LogP contribution in [0.5, 0.6) is 0 Å². The van der Waals surface area contributed by atoms with Crippen molar-refractivity contribution in [2.24, 2.45) is 0 Å². The van der Waals surface area contributed by atoms with Crippen molar-refractivity contribution in [3.05, 3.63) is 38.8 Å². The molecule has 0 saturated heterocycles. The zero-order chi connectivity index (χ0) is 12.4. The Morgan fingerprint density at radius 1 is 1.53 bits per heavy atom. The van der Waals surface area contributed by atoms with Gasteiger partial charge < -0.3 is 11.1 Å². The van der Waals surface area contributed by atoms with Crippen molar-refractivity contribution in [3.63, 3.8) is 0 Å². The fraction of sp³-hybridized carbons (Fsp3) is 0.182. The first-order valence-electron chi connectivity index (χ1n) is 4.96. The minimum atomic E-state index is 0.184. The van der Waals surface area contributed by atoms with E-state index in [1.807, 2.05) is 16.8 Å². The molecule has 2 heterocycles. The highest BCUT2D eigenvalue weighted by molar-refractivity contribution is 7.07. The lowest BCUT2D eigenvalue weighted by atomic mass is 10.1. The smallest absolute Gasteiger partial charge is 0.162 e. The number of nitrogens with two attached hydrogens (primary N) is 1. The molecule has 0 bridgehead atoms. The van der Waals surface area contributed by atoms with E-state index >= 15 is 0 Å². The fourth-order valence-corrected chi connectivity index (χ4v) is 2.49. The number of aromatic nitrogens is 2. The topological polar surface area (TPSA) is 75.7 Å². The van der Waals surface area contributed by atoms with E-state index in [-0.39, 0.29) is 5.15 Å². The molecule has 0 fully saturated rings. The number of nitrogens with one attached hydrogen (secondary N) is 1. The highest BCUT2D eigenvalue weighted by atomic mass is 35.5. The van der Waals surface area contributed by atoms with E-state index in [0.717, 1.165) is 5.56 Å². The number of hydrogen-bond acceptors (Lipinski definition) is 5. The van der Waals surface area contributed by atoms with Gasteiger partial charge in [0.1, 0.15) is 0 Å². The molecule has 2 aromatic heterocycles. The zero-order valence-corrected chi connectivity index (χ0v) is 10.8. The van der Waals surface area contributed by atoms with E-state index in [1.54, 1.807) is 18.3 Å². The Balaban J connectivity index is 2.42. The van der Waals surface area contributed by atoms with Crippen molar-refractivity contribution in [3.8, 4) is 0 Å². The Morgan fingerprint density at radius 3 is 2.88 bits per heavy atom. The highest BCUT2D eigenvalue weighted by Crippen LogP contribution is 2.24. The first kappa shape index (κ1) is 12.0. The summed E-state index contributed by atoms with van der Waals surface area (Å²) in [7, 11) is 0. The van der Waals surface area contributed by atoms with Gasteiger partial charge in [0.15, 0.2) is 5.15 Å². The van der Waals surface area contributed by atoms with Crippen molar-refractivity contribution in [1.29, 1.82) is 5.41 Å². The van der Waals surface area contributed by atoms with Crippen LogP contribution in [0.1, 0.15) is 23.7 Å². The molecule has 2 rings (SSSR count). The van der Waals surface area contributed by atoms with Crippen LogP contribution in [-0.4, -0.2) is 15.9 Å². The Kier molecular flexibility index (Phi) is 3.40. The Hall–Kier alpha value is -1.46. The Morgan fingerprint density at radius 2 is 2.29 bits per heavy atom. The second-order valence-electron chi connectivity index (χ2n) is 3.66. The van der Waals surface area contributed by atoms with Crippen molar-refractivity contribution in [2.45, 2.75) is 13.3 Å². The monoisotopic (exact) mass is 266 g/mol. The van der Waals surface area contributed by atoms with Crippen molar-refractivity contribution in [1.82, 2.24) is 10.2 Å². The Labute approximate surface area is 108 Å². The van der Waals surface area contributed by atoms with Crippen LogP contribution in [0.15, 0.2) is 16.8 Å². The summed E-state index contributed by atoms with van der Waals surface area (Å²) in [6.45, 7) is 1.63. The highest BCUT2D eigenvalue weighted by Gasteiger charge is 2.14. The van der Waals surface area contributed by atoms with E-state index in [4.69, 9.17) is 22.7 Å². The number of hydrogen-bond donors (Lipinski definition) is 2. The fourth-order valence-electron chi connectivity index (χ4n) is 1.54. The molecule has 88 valence electrons. The lowest BCUT2D eigenvalue weighted by Crippen LogP contribution is -2.09. The minimum Gasteiger partial charge on any atom is -0.397 e. The molecule has 17 heavy (non-hydrogen) atoms. The maximum absolute atomic E-state index is 7.63. The summed E-state index contributed by atoms with van der Waals surface area (Å²) >= 11 is 7.51. The van der Waals surface area contributed by atoms with Gasteiger partial charge in [-0.3, -0.25) is 0 Å². The summed E-state index contributed by atoms with van der Waals surface area (Å²) in [5, 5.41) is 19.7. The largest absolute Gasteiger partial charge is 0.397 e. The zero-order valence-electron chi connectivity index (χ0n) is 9.20. The van der Waals surface area contributed by atoms with Gasteiger partial charge in [-0.2, -0.15) is 16.4 Å². The van der Waals surface area contributed by atoms with Gasteiger partial charge in [-0.1, -0.05) is 11.6 Å². The minimum absolute atomic E-state index is 0.184. The summed E-state index contributed by atoms with van der Waals surface area (Å²) in [5.41, 5.74) is 9.00. The van der Waals surface area contributed by atoms with Gasteiger partial charge in [-0.05, 0) is 29.3 Å². The maximum atomic E-state index is 7.63. The summed E-state index contributed by atoms with van der Waals surface area (Å²) in [4.78, 5) is 0. The molecule has 6 heteroatoms. The molecule has 0 radical (unpaired) electrons. The summed E-state index contributed by atoms with van der Waals surface area (Å²) in [6, 6.07) is 2.01. The molecular formula is C11H11ClN4S. The van der Waals surface area contributed by atoms with Gasteiger partial charge in [0.2, 0.25) is 0 Å². The third-order valence-corrected chi connectivity index (χ3v) is 3.37. The first-order valence-corrected chi connectivity index (χ1v) is 6.28. The van der Waals surface area contributed by atoms with Gasteiger partial charge in [-0.15, -0.1) is 5.10 Å². The van der Waals surface area contributed by atoms with Crippen LogP contribution >= 0.6 is 22.9 Å². The molecule has 0 atom stereocenters. The standard InChI is InChI=1S/C11H11ClN4S/c1-6(13)9-10(14)8(15-16-11(9)12)4-7-2-3-17-5-7/h2-3,5,13H,4H2,1H3,(H2,14,16). The maximum Gasteiger partial charge on any atom is 0.162 e. The normalized spacial score (nSPS) is 10.5. The molecule has 3 N–H and O–H groups in total. The molecule has 0 amide bonds. The van der Waals surface area contributed by atoms with Gasteiger partial charge >= 0.3 is 0 Å². The third kappa shape index (κ3) is 2.45. The molecule has 0 aliphatic carbocycles. The number of rotatable bonds is 3. The Bertz CT molecular complexity index is 551. The molecule has 0 spiro atoms. The number of anilines is 1. The third-order valence-electron chi connectivity index (χ3n) is 2.37. The van der Waals surface area contributed by atoms with Gasteiger partial charge in [0, 0.05) is 12.1 Å². The second-order valence-corrected chi connectivity index (χ2v) is 4.80. The van der Waals surface area contributed by atoms with E-state index in [9.17, 15) is 0 Å². The molecule has 0 unspecified atom stereocenters.